The normalized spacial score (nSPS) is 9.00. The topological polar surface area (TPSA) is 12.9 Å². The zero-order valence-electron chi connectivity index (χ0n) is 14.4. The van der Waals surface area contributed by atoms with Gasteiger partial charge < -0.3 is 0 Å². The molecule has 116 valence electrons. The van der Waals surface area contributed by atoms with E-state index in [9.17, 15) is 0 Å². The molecule has 1 nitrogen and oxygen atoms in total. The molecule has 0 atom stereocenters. The van der Waals surface area contributed by atoms with E-state index in [1.807, 2.05) is 6.07 Å². The summed E-state index contributed by atoms with van der Waals surface area (Å²) in [4.78, 5) is 4.41. The first-order chi connectivity index (χ1) is 10.2. The molecule has 2 rings (SSSR count). The average molecular weight is 285 g/mol. The lowest BCUT2D eigenvalue weighted by atomic mass is 10.2. The monoisotopic (exact) mass is 285 g/mol. The summed E-state index contributed by atoms with van der Waals surface area (Å²) in [6, 6.07) is 16.7. The number of hydrogen-bond donors (Lipinski definition) is 0. The van der Waals surface area contributed by atoms with E-state index >= 15 is 0 Å². The predicted molar refractivity (Wildman–Crippen MR) is 94.8 cm³/mol. The molecule has 0 radical (unpaired) electrons. The van der Waals surface area contributed by atoms with E-state index in [4.69, 9.17) is 0 Å². The quantitative estimate of drug-likeness (QED) is 0.687. The summed E-state index contributed by atoms with van der Waals surface area (Å²) in [7, 11) is 0. The number of benzene rings is 1. The molecule has 0 saturated carbocycles. The maximum Gasteiger partial charge on any atom is 0.0404 e. The maximum atomic E-state index is 4.41. The Balaban J connectivity index is 0.000000327. The Hall–Kier alpha value is -1.63. The minimum absolute atomic E-state index is 1.04. The Morgan fingerprint density at radius 2 is 1.10 bits per heavy atom. The lowest BCUT2D eigenvalue weighted by Gasteiger charge is -1.97. The maximum absolute atomic E-state index is 4.41. The van der Waals surface area contributed by atoms with Gasteiger partial charge in [-0.2, -0.15) is 0 Å². The van der Waals surface area contributed by atoms with Crippen molar-refractivity contribution in [3.8, 4) is 0 Å². The summed E-state index contributed by atoms with van der Waals surface area (Å²) in [6.45, 7) is 10.7. The summed E-state index contributed by atoms with van der Waals surface area (Å²) in [6.07, 6.45) is 4.46. The minimum Gasteiger partial charge on any atom is -0.258 e. The van der Waals surface area contributed by atoms with Gasteiger partial charge in [-0.05, 0) is 37.0 Å². The second-order valence-corrected chi connectivity index (χ2v) is 4.87. The Labute approximate surface area is 131 Å². The van der Waals surface area contributed by atoms with Crippen LogP contribution in [0.5, 0.6) is 0 Å². The van der Waals surface area contributed by atoms with Crippen LogP contribution < -0.4 is 0 Å². The second kappa shape index (κ2) is 13.4. The van der Waals surface area contributed by atoms with Gasteiger partial charge in [0.25, 0.3) is 0 Å². The van der Waals surface area contributed by atoms with E-state index in [1.165, 1.54) is 23.4 Å². The fourth-order valence-electron chi connectivity index (χ4n) is 1.64. The number of aryl methyl sites for hydroxylation is 3. The third-order valence-electron chi connectivity index (χ3n) is 2.84. The standard InChI is InChI=1S/C9H13N.C8H10.C3H8/c1-3-8-6-5-7-9(4-2)10-8;1-2-8-6-4-3-5-7-8;1-3-2/h5-7H,3-4H2,1-2H3;3-7H,2H2,1H3;3H2,1-2H3. The molecule has 2 aromatic rings. The minimum atomic E-state index is 1.04. The smallest absolute Gasteiger partial charge is 0.0404 e. The molecule has 0 aliphatic carbocycles. The van der Waals surface area contributed by atoms with Crippen molar-refractivity contribution in [1.82, 2.24) is 4.98 Å². The van der Waals surface area contributed by atoms with Crippen LogP contribution in [0, 0.1) is 0 Å². The van der Waals surface area contributed by atoms with Crippen molar-refractivity contribution in [1.29, 1.82) is 0 Å². The molecule has 0 spiro atoms. The summed E-state index contributed by atoms with van der Waals surface area (Å²) >= 11 is 0. The van der Waals surface area contributed by atoms with Crippen molar-refractivity contribution < 1.29 is 0 Å². The highest BCUT2D eigenvalue weighted by Gasteiger charge is 1.91. The summed E-state index contributed by atoms with van der Waals surface area (Å²) in [5.74, 6) is 0. The van der Waals surface area contributed by atoms with Gasteiger partial charge in [-0.15, -0.1) is 0 Å². The number of hydrogen-bond acceptors (Lipinski definition) is 1. The van der Waals surface area contributed by atoms with Crippen LogP contribution in [-0.4, -0.2) is 4.98 Å². The van der Waals surface area contributed by atoms with Crippen molar-refractivity contribution in [3.05, 3.63) is 65.5 Å². The van der Waals surface area contributed by atoms with E-state index in [0.29, 0.717) is 0 Å². The molecule has 1 heterocycles. The Morgan fingerprint density at radius 1 is 0.619 bits per heavy atom. The molecule has 0 fully saturated rings. The van der Waals surface area contributed by atoms with E-state index < -0.39 is 0 Å². The molecular formula is C20H31N. The Bertz CT molecular complexity index is 429. The summed E-state index contributed by atoms with van der Waals surface area (Å²) in [5, 5.41) is 0. The van der Waals surface area contributed by atoms with Crippen LogP contribution >= 0.6 is 0 Å². The molecule has 0 saturated heterocycles. The highest BCUT2D eigenvalue weighted by Crippen LogP contribution is 2.00. The zero-order chi connectivity index (χ0) is 15.9. The molecule has 1 heteroatoms. The van der Waals surface area contributed by atoms with Gasteiger partial charge in [-0.3, -0.25) is 4.98 Å². The van der Waals surface area contributed by atoms with Gasteiger partial charge in [0.15, 0.2) is 0 Å². The SMILES string of the molecule is CCC.CCc1cccc(CC)n1.CCc1ccccc1. The summed E-state index contributed by atoms with van der Waals surface area (Å²) < 4.78 is 0. The number of aromatic nitrogens is 1. The van der Waals surface area contributed by atoms with Gasteiger partial charge in [-0.1, -0.05) is 77.4 Å². The van der Waals surface area contributed by atoms with Crippen molar-refractivity contribution in [3.63, 3.8) is 0 Å². The highest BCUT2D eigenvalue weighted by molar-refractivity contribution is 5.13. The van der Waals surface area contributed by atoms with Crippen molar-refractivity contribution in [2.45, 2.75) is 60.3 Å². The van der Waals surface area contributed by atoms with Crippen molar-refractivity contribution in [2.75, 3.05) is 0 Å². The molecular weight excluding hydrogens is 254 g/mol. The van der Waals surface area contributed by atoms with Crippen LogP contribution in [0.1, 0.15) is 58.0 Å². The molecule has 1 aromatic carbocycles. The molecule has 0 N–H and O–H groups in total. The number of rotatable bonds is 3. The molecule has 21 heavy (non-hydrogen) atoms. The molecule has 0 aliphatic heterocycles. The van der Waals surface area contributed by atoms with Crippen LogP contribution in [0.3, 0.4) is 0 Å². The number of pyridine rings is 1. The van der Waals surface area contributed by atoms with Crippen LogP contribution in [0.25, 0.3) is 0 Å². The van der Waals surface area contributed by atoms with Crippen LogP contribution in [0.15, 0.2) is 48.5 Å². The van der Waals surface area contributed by atoms with Gasteiger partial charge in [-0.25, -0.2) is 0 Å². The molecule has 0 bridgehead atoms. The van der Waals surface area contributed by atoms with Crippen molar-refractivity contribution >= 4 is 0 Å². The van der Waals surface area contributed by atoms with Gasteiger partial charge in [0, 0.05) is 11.4 Å². The Morgan fingerprint density at radius 3 is 1.43 bits per heavy atom. The fourth-order valence-corrected chi connectivity index (χ4v) is 1.64. The van der Waals surface area contributed by atoms with E-state index in [1.54, 1.807) is 0 Å². The van der Waals surface area contributed by atoms with Crippen LogP contribution in [-0.2, 0) is 19.3 Å². The van der Waals surface area contributed by atoms with E-state index in [2.05, 4.69) is 82.1 Å². The average Bonchev–Trinajstić information content (AvgIpc) is 2.57. The van der Waals surface area contributed by atoms with Crippen molar-refractivity contribution in [2.24, 2.45) is 0 Å². The zero-order valence-corrected chi connectivity index (χ0v) is 14.4. The first-order valence-corrected chi connectivity index (χ1v) is 8.20. The lowest BCUT2D eigenvalue weighted by molar-refractivity contribution is 0.955. The lowest BCUT2D eigenvalue weighted by Crippen LogP contribution is -1.91. The van der Waals surface area contributed by atoms with Gasteiger partial charge in [0.2, 0.25) is 0 Å². The predicted octanol–water partition coefficient (Wildman–Crippen LogP) is 5.87. The van der Waals surface area contributed by atoms with E-state index in [0.717, 1.165) is 19.3 Å². The molecule has 0 aliphatic rings. The first kappa shape index (κ1) is 19.4. The Kier molecular flexibility index (Phi) is 12.3. The number of nitrogens with zero attached hydrogens (tertiary/aromatic N) is 1. The highest BCUT2D eigenvalue weighted by atomic mass is 14.7. The van der Waals surface area contributed by atoms with Gasteiger partial charge in [0.05, 0.1) is 0 Å². The fraction of sp³-hybridized carbons (Fsp3) is 0.450. The van der Waals surface area contributed by atoms with E-state index in [-0.39, 0.29) is 0 Å². The molecule has 0 unspecified atom stereocenters. The summed E-state index contributed by atoms with van der Waals surface area (Å²) in [5.41, 5.74) is 3.80. The van der Waals surface area contributed by atoms with Crippen LogP contribution in [0.4, 0.5) is 0 Å². The first-order valence-electron chi connectivity index (χ1n) is 8.20. The van der Waals surface area contributed by atoms with Crippen LogP contribution in [0.2, 0.25) is 0 Å². The molecule has 1 aromatic heterocycles. The molecule has 0 amide bonds. The van der Waals surface area contributed by atoms with Gasteiger partial charge in [0.1, 0.15) is 0 Å². The third-order valence-corrected chi connectivity index (χ3v) is 2.84. The largest absolute Gasteiger partial charge is 0.258 e. The van der Waals surface area contributed by atoms with Gasteiger partial charge >= 0.3 is 0 Å². The third kappa shape index (κ3) is 9.84. The second-order valence-electron chi connectivity index (χ2n) is 4.87.